The molecule has 0 bridgehead atoms. The number of nitrogens with two attached hydrogens (primary N) is 1. The first kappa shape index (κ1) is 9.27. The highest BCUT2D eigenvalue weighted by Gasteiger charge is 2.16. The Morgan fingerprint density at radius 2 is 2.14 bits per heavy atom. The number of hydrogen-bond donors (Lipinski definition) is 3. The van der Waals surface area contributed by atoms with Crippen molar-refractivity contribution < 1.29 is 0 Å². The number of hydrazine groups is 1. The minimum atomic E-state index is 0.698. The van der Waals surface area contributed by atoms with Crippen LogP contribution in [0.5, 0.6) is 0 Å². The molecule has 0 saturated heterocycles. The summed E-state index contributed by atoms with van der Waals surface area (Å²) in [6.07, 6.45) is 4.08. The minimum Gasteiger partial charge on any atom is -0.370 e. The third kappa shape index (κ3) is 2.14. The monoisotopic (exact) mass is 192 g/mol. The average Bonchev–Trinajstić information content (AvgIpc) is 2.16. The second kappa shape index (κ2) is 4.28. The molecule has 76 valence electrons. The van der Waals surface area contributed by atoms with Crippen LogP contribution >= 0.6 is 0 Å². The Hall–Kier alpha value is -1.29. The second-order valence-corrected chi connectivity index (χ2v) is 3.73. The van der Waals surface area contributed by atoms with E-state index in [1.807, 2.05) is 18.2 Å². The maximum absolute atomic E-state index is 5.27. The molecule has 0 atom stereocenters. The molecule has 1 aromatic rings. The fraction of sp³-hybridized carbons (Fsp3) is 0.500. The summed E-state index contributed by atoms with van der Waals surface area (Å²) < 4.78 is 0. The number of aromatic nitrogens is 1. The first-order valence-corrected chi connectivity index (χ1v) is 5.06. The molecule has 4 nitrogen and oxygen atoms in total. The van der Waals surface area contributed by atoms with E-state index in [1.54, 1.807) is 0 Å². The van der Waals surface area contributed by atoms with Gasteiger partial charge in [0, 0.05) is 6.54 Å². The summed E-state index contributed by atoms with van der Waals surface area (Å²) in [7, 11) is 0. The SMILES string of the molecule is NNc1cccc(NCC2CCC2)n1. The normalized spacial score (nSPS) is 16.1. The van der Waals surface area contributed by atoms with Crippen molar-refractivity contribution in [2.24, 2.45) is 11.8 Å². The van der Waals surface area contributed by atoms with Crippen LogP contribution in [-0.2, 0) is 0 Å². The molecule has 0 aromatic carbocycles. The van der Waals surface area contributed by atoms with Gasteiger partial charge in [-0.1, -0.05) is 12.5 Å². The second-order valence-electron chi connectivity index (χ2n) is 3.73. The van der Waals surface area contributed by atoms with Gasteiger partial charge in [-0.05, 0) is 30.9 Å². The van der Waals surface area contributed by atoms with Crippen molar-refractivity contribution in [1.82, 2.24) is 4.98 Å². The number of nitrogens with zero attached hydrogens (tertiary/aromatic N) is 1. The minimum absolute atomic E-state index is 0.698. The topological polar surface area (TPSA) is 63.0 Å². The van der Waals surface area contributed by atoms with Crippen LogP contribution in [0, 0.1) is 5.92 Å². The summed E-state index contributed by atoms with van der Waals surface area (Å²) in [5.41, 5.74) is 2.53. The van der Waals surface area contributed by atoms with Gasteiger partial charge in [0.15, 0.2) is 0 Å². The molecule has 0 spiro atoms. The zero-order chi connectivity index (χ0) is 9.80. The predicted octanol–water partition coefficient (Wildman–Crippen LogP) is 1.58. The number of hydrogen-bond acceptors (Lipinski definition) is 4. The van der Waals surface area contributed by atoms with E-state index in [2.05, 4.69) is 15.7 Å². The highest BCUT2D eigenvalue weighted by atomic mass is 15.3. The Kier molecular flexibility index (Phi) is 2.84. The highest BCUT2D eigenvalue weighted by Crippen LogP contribution is 2.26. The van der Waals surface area contributed by atoms with E-state index in [9.17, 15) is 0 Å². The molecular formula is C10H16N4. The predicted molar refractivity (Wildman–Crippen MR) is 57.9 cm³/mol. The molecule has 1 aliphatic rings. The van der Waals surface area contributed by atoms with Gasteiger partial charge in [0.05, 0.1) is 0 Å². The summed E-state index contributed by atoms with van der Waals surface area (Å²) in [4.78, 5) is 4.27. The van der Waals surface area contributed by atoms with Crippen molar-refractivity contribution in [2.75, 3.05) is 17.3 Å². The molecule has 0 aliphatic heterocycles. The fourth-order valence-corrected chi connectivity index (χ4v) is 1.56. The Morgan fingerprint density at radius 1 is 1.36 bits per heavy atom. The molecule has 4 N–H and O–H groups in total. The van der Waals surface area contributed by atoms with Crippen LogP contribution in [0.1, 0.15) is 19.3 Å². The molecule has 14 heavy (non-hydrogen) atoms. The van der Waals surface area contributed by atoms with Gasteiger partial charge in [-0.2, -0.15) is 0 Å². The summed E-state index contributed by atoms with van der Waals surface area (Å²) in [6, 6.07) is 5.74. The van der Waals surface area contributed by atoms with Gasteiger partial charge in [-0.25, -0.2) is 10.8 Å². The summed E-state index contributed by atoms with van der Waals surface area (Å²) >= 11 is 0. The van der Waals surface area contributed by atoms with Crippen molar-refractivity contribution >= 4 is 11.6 Å². The fourth-order valence-electron chi connectivity index (χ4n) is 1.56. The lowest BCUT2D eigenvalue weighted by Gasteiger charge is -2.25. The van der Waals surface area contributed by atoms with Gasteiger partial charge < -0.3 is 10.7 Å². The number of rotatable bonds is 4. The van der Waals surface area contributed by atoms with E-state index in [4.69, 9.17) is 5.84 Å². The lowest BCUT2D eigenvalue weighted by molar-refractivity contribution is 0.333. The summed E-state index contributed by atoms with van der Waals surface area (Å²) in [6.45, 7) is 1.03. The van der Waals surface area contributed by atoms with Crippen molar-refractivity contribution in [3.63, 3.8) is 0 Å². The number of pyridine rings is 1. The van der Waals surface area contributed by atoms with Gasteiger partial charge in [-0.15, -0.1) is 0 Å². The molecule has 2 rings (SSSR count). The molecule has 1 heterocycles. The van der Waals surface area contributed by atoms with Crippen LogP contribution in [0.15, 0.2) is 18.2 Å². The lowest BCUT2D eigenvalue weighted by atomic mass is 9.85. The van der Waals surface area contributed by atoms with Gasteiger partial charge in [0.1, 0.15) is 11.6 Å². The largest absolute Gasteiger partial charge is 0.370 e. The van der Waals surface area contributed by atoms with E-state index in [1.165, 1.54) is 19.3 Å². The highest BCUT2D eigenvalue weighted by molar-refractivity contribution is 5.44. The van der Waals surface area contributed by atoms with Crippen molar-refractivity contribution in [3.05, 3.63) is 18.2 Å². The van der Waals surface area contributed by atoms with Gasteiger partial charge in [0.25, 0.3) is 0 Å². The third-order valence-electron chi connectivity index (χ3n) is 2.69. The maximum atomic E-state index is 5.27. The Morgan fingerprint density at radius 3 is 2.79 bits per heavy atom. The molecule has 0 radical (unpaired) electrons. The Bertz CT molecular complexity index is 296. The van der Waals surface area contributed by atoms with Gasteiger partial charge in [-0.3, -0.25) is 0 Å². The molecular weight excluding hydrogens is 176 g/mol. The summed E-state index contributed by atoms with van der Waals surface area (Å²) in [5.74, 6) is 7.70. The van der Waals surface area contributed by atoms with E-state index >= 15 is 0 Å². The van der Waals surface area contributed by atoms with E-state index in [0.717, 1.165) is 18.3 Å². The molecule has 0 unspecified atom stereocenters. The van der Waals surface area contributed by atoms with Crippen molar-refractivity contribution in [2.45, 2.75) is 19.3 Å². The third-order valence-corrected chi connectivity index (χ3v) is 2.69. The van der Waals surface area contributed by atoms with E-state index < -0.39 is 0 Å². The molecule has 1 aromatic heterocycles. The van der Waals surface area contributed by atoms with E-state index in [0.29, 0.717) is 5.82 Å². The number of nitrogens with one attached hydrogen (secondary N) is 2. The first-order chi connectivity index (χ1) is 6.88. The Labute approximate surface area is 83.9 Å². The quantitative estimate of drug-likeness (QED) is 0.500. The molecule has 1 saturated carbocycles. The van der Waals surface area contributed by atoms with Crippen LogP contribution in [0.2, 0.25) is 0 Å². The van der Waals surface area contributed by atoms with Crippen LogP contribution in [-0.4, -0.2) is 11.5 Å². The van der Waals surface area contributed by atoms with Crippen LogP contribution in [0.3, 0.4) is 0 Å². The Balaban J connectivity index is 1.87. The van der Waals surface area contributed by atoms with Crippen molar-refractivity contribution in [1.29, 1.82) is 0 Å². The van der Waals surface area contributed by atoms with E-state index in [-0.39, 0.29) is 0 Å². The molecule has 1 fully saturated rings. The van der Waals surface area contributed by atoms with Crippen molar-refractivity contribution in [3.8, 4) is 0 Å². The van der Waals surface area contributed by atoms with Gasteiger partial charge in [0.2, 0.25) is 0 Å². The zero-order valence-corrected chi connectivity index (χ0v) is 8.16. The van der Waals surface area contributed by atoms with Crippen LogP contribution in [0.25, 0.3) is 0 Å². The maximum Gasteiger partial charge on any atom is 0.142 e. The molecule has 0 amide bonds. The summed E-state index contributed by atoms with van der Waals surface area (Å²) in [5, 5.41) is 3.31. The lowest BCUT2D eigenvalue weighted by Crippen LogP contribution is -2.21. The van der Waals surface area contributed by atoms with Crippen LogP contribution < -0.4 is 16.6 Å². The molecule has 1 aliphatic carbocycles. The van der Waals surface area contributed by atoms with Gasteiger partial charge >= 0.3 is 0 Å². The average molecular weight is 192 g/mol. The first-order valence-electron chi connectivity index (χ1n) is 5.06. The van der Waals surface area contributed by atoms with Crippen LogP contribution in [0.4, 0.5) is 11.6 Å². The zero-order valence-electron chi connectivity index (χ0n) is 8.16. The standard InChI is InChI=1S/C10H16N4/c11-14-10-6-2-5-9(13-10)12-7-8-3-1-4-8/h2,5-6,8H,1,3-4,7,11H2,(H2,12,13,14). The number of nitrogen functional groups attached to an aromatic ring is 1. The number of anilines is 2. The molecule has 4 heteroatoms. The smallest absolute Gasteiger partial charge is 0.142 e.